The van der Waals surface area contributed by atoms with Crippen molar-refractivity contribution in [3.05, 3.63) is 54.2 Å². The molecule has 2 fully saturated rings. The Labute approximate surface area is 161 Å². The molecule has 0 aliphatic carbocycles. The largest absolute Gasteiger partial charge is 0.368 e. The average Bonchev–Trinajstić information content (AvgIpc) is 2.74. The molecular weight excluding hydrogens is 336 g/mol. The number of hydrogen-bond acceptors (Lipinski definition) is 4. The summed E-state index contributed by atoms with van der Waals surface area (Å²) in [7, 11) is 0. The van der Waals surface area contributed by atoms with Crippen LogP contribution in [0.5, 0.6) is 0 Å². The number of rotatable bonds is 3. The Balaban J connectivity index is 1.36. The predicted octanol–water partition coefficient (Wildman–Crippen LogP) is 3.28. The van der Waals surface area contributed by atoms with Crippen molar-refractivity contribution in [1.82, 2.24) is 9.88 Å². The van der Waals surface area contributed by atoms with Gasteiger partial charge in [0.15, 0.2) is 0 Å². The normalized spacial score (nSPS) is 20.6. The molecule has 2 saturated heterocycles. The second-order valence-corrected chi connectivity index (χ2v) is 7.71. The zero-order chi connectivity index (χ0) is 18.6. The van der Waals surface area contributed by atoms with E-state index in [0.717, 1.165) is 45.1 Å². The van der Waals surface area contributed by atoms with Crippen molar-refractivity contribution in [2.45, 2.75) is 19.8 Å². The number of pyridine rings is 1. The monoisotopic (exact) mass is 364 g/mol. The van der Waals surface area contributed by atoms with Crippen molar-refractivity contribution in [1.29, 1.82) is 0 Å². The van der Waals surface area contributed by atoms with Gasteiger partial charge < -0.3 is 14.7 Å². The summed E-state index contributed by atoms with van der Waals surface area (Å²) in [6.45, 7) is 7.64. The zero-order valence-corrected chi connectivity index (χ0v) is 16.1. The molecular formula is C22H28N4O. The highest BCUT2D eigenvalue weighted by atomic mass is 16.2. The number of hydrogen-bond donors (Lipinski definition) is 0. The minimum Gasteiger partial charge on any atom is -0.368 e. The molecule has 5 heteroatoms. The van der Waals surface area contributed by atoms with Gasteiger partial charge >= 0.3 is 0 Å². The maximum absolute atomic E-state index is 12.8. The second kappa shape index (κ2) is 7.99. The number of nitrogens with zero attached hydrogens (tertiary/aromatic N) is 4. The van der Waals surface area contributed by atoms with Crippen molar-refractivity contribution >= 4 is 17.4 Å². The second-order valence-electron chi connectivity index (χ2n) is 7.71. The molecule has 1 aromatic carbocycles. The number of benzene rings is 1. The van der Waals surface area contributed by atoms with Gasteiger partial charge in [-0.2, -0.15) is 0 Å². The van der Waals surface area contributed by atoms with Crippen LogP contribution in [0.4, 0.5) is 11.5 Å². The third-order valence-electron chi connectivity index (χ3n) is 5.66. The minimum atomic E-state index is 0.0915. The summed E-state index contributed by atoms with van der Waals surface area (Å²) >= 11 is 0. The Kier molecular flexibility index (Phi) is 5.28. The van der Waals surface area contributed by atoms with Crippen molar-refractivity contribution in [2.75, 3.05) is 49.1 Å². The summed E-state index contributed by atoms with van der Waals surface area (Å²) in [6, 6.07) is 14.3. The molecule has 2 aliphatic rings. The van der Waals surface area contributed by atoms with E-state index in [1.807, 2.05) is 23.1 Å². The number of anilines is 2. The molecule has 0 N–H and O–H groups in total. The Morgan fingerprint density at radius 3 is 2.41 bits per heavy atom. The van der Waals surface area contributed by atoms with Gasteiger partial charge in [-0.05, 0) is 43.0 Å². The van der Waals surface area contributed by atoms with E-state index in [0.29, 0.717) is 11.5 Å². The van der Waals surface area contributed by atoms with Gasteiger partial charge in [0.2, 0.25) is 0 Å². The molecule has 142 valence electrons. The van der Waals surface area contributed by atoms with Crippen LogP contribution in [-0.4, -0.2) is 55.1 Å². The molecule has 0 saturated carbocycles. The Hall–Kier alpha value is -2.56. The lowest BCUT2D eigenvalue weighted by Gasteiger charge is -2.36. The predicted molar refractivity (Wildman–Crippen MR) is 109 cm³/mol. The van der Waals surface area contributed by atoms with Crippen molar-refractivity contribution in [2.24, 2.45) is 5.92 Å². The average molecular weight is 364 g/mol. The number of amides is 1. The highest BCUT2D eigenvalue weighted by molar-refractivity contribution is 5.94. The molecule has 1 unspecified atom stereocenters. The number of carbonyl (C=O) groups excluding carboxylic acids is 1. The number of piperidine rings is 1. The fraction of sp³-hybridized carbons (Fsp3) is 0.455. The fourth-order valence-corrected chi connectivity index (χ4v) is 4.09. The van der Waals surface area contributed by atoms with Gasteiger partial charge in [0.05, 0.1) is 5.56 Å². The van der Waals surface area contributed by atoms with E-state index in [1.54, 1.807) is 6.20 Å². The molecule has 0 bridgehead atoms. The Bertz CT molecular complexity index is 754. The van der Waals surface area contributed by atoms with Crippen molar-refractivity contribution < 1.29 is 4.79 Å². The van der Waals surface area contributed by atoms with Gasteiger partial charge in [-0.15, -0.1) is 0 Å². The maximum atomic E-state index is 12.8. The molecule has 0 radical (unpaired) electrons. The van der Waals surface area contributed by atoms with E-state index in [2.05, 4.69) is 46.0 Å². The third-order valence-corrected chi connectivity index (χ3v) is 5.66. The van der Waals surface area contributed by atoms with Crippen LogP contribution in [0.1, 0.15) is 30.1 Å². The number of piperazine rings is 1. The van der Waals surface area contributed by atoms with Gasteiger partial charge in [-0.3, -0.25) is 4.79 Å². The van der Waals surface area contributed by atoms with Gasteiger partial charge in [-0.1, -0.05) is 25.1 Å². The van der Waals surface area contributed by atoms with Gasteiger partial charge in [-0.25, -0.2) is 4.98 Å². The van der Waals surface area contributed by atoms with E-state index in [-0.39, 0.29) is 5.91 Å². The van der Waals surface area contributed by atoms with Crippen molar-refractivity contribution in [3.63, 3.8) is 0 Å². The highest BCUT2D eigenvalue weighted by Crippen LogP contribution is 2.22. The number of aromatic nitrogens is 1. The molecule has 0 spiro atoms. The standard InChI is InChI=1S/C22H28N4O/c1-18-6-5-11-26(17-18)21-10-9-19(16-23-21)22(27)25-14-12-24(13-15-25)20-7-3-2-4-8-20/h2-4,7-10,16,18H,5-6,11-15,17H2,1H3. The fourth-order valence-electron chi connectivity index (χ4n) is 4.09. The van der Waals surface area contributed by atoms with Gasteiger partial charge in [0, 0.05) is 51.2 Å². The molecule has 1 aromatic heterocycles. The summed E-state index contributed by atoms with van der Waals surface area (Å²) in [4.78, 5) is 24.0. The molecule has 3 heterocycles. The topological polar surface area (TPSA) is 39.7 Å². The molecule has 2 aromatic rings. The summed E-state index contributed by atoms with van der Waals surface area (Å²) in [5.41, 5.74) is 1.92. The smallest absolute Gasteiger partial charge is 0.255 e. The van der Waals surface area contributed by atoms with E-state index >= 15 is 0 Å². The summed E-state index contributed by atoms with van der Waals surface area (Å²) in [6.07, 6.45) is 4.26. The summed E-state index contributed by atoms with van der Waals surface area (Å²) < 4.78 is 0. The zero-order valence-electron chi connectivity index (χ0n) is 16.1. The first kappa shape index (κ1) is 17.8. The Morgan fingerprint density at radius 2 is 1.74 bits per heavy atom. The third kappa shape index (κ3) is 4.07. The van der Waals surface area contributed by atoms with Crippen LogP contribution >= 0.6 is 0 Å². The lowest BCUT2D eigenvalue weighted by Crippen LogP contribution is -2.48. The van der Waals surface area contributed by atoms with Crippen LogP contribution in [0.15, 0.2) is 48.7 Å². The molecule has 4 rings (SSSR count). The van der Waals surface area contributed by atoms with Crippen molar-refractivity contribution in [3.8, 4) is 0 Å². The van der Waals surface area contributed by atoms with Crippen LogP contribution in [0.2, 0.25) is 0 Å². The number of carbonyl (C=O) groups is 1. The van der Waals surface area contributed by atoms with E-state index in [1.165, 1.54) is 18.5 Å². The van der Waals surface area contributed by atoms with Crippen LogP contribution in [0.3, 0.4) is 0 Å². The van der Waals surface area contributed by atoms with Crippen LogP contribution in [0, 0.1) is 5.92 Å². The Morgan fingerprint density at radius 1 is 0.963 bits per heavy atom. The summed E-state index contributed by atoms with van der Waals surface area (Å²) in [5, 5.41) is 0. The van der Waals surface area contributed by atoms with E-state index in [9.17, 15) is 4.79 Å². The molecule has 27 heavy (non-hydrogen) atoms. The molecule has 5 nitrogen and oxygen atoms in total. The van der Waals surface area contributed by atoms with E-state index in [4.69, 9.17) is 0 Å². The SMILES string of the molecule is CC1CCCN(c2ccc(C(=O)N3CCN(c4ccccc4)CC3)cn2)C1. The van der Waals surface area contributed by atoms with E-state index < -0.39 is 0 Å². The maximum Gasteiger partial charge on any atom is 0.255 e. The first-order valence-electron chi connectivity index (χ1n) is 10.0. The van der Waals surface area contributed by atoms with Crippen LogP contribution in [0.25, 0.3) is 0 Å². The molecule has 2 aliphatic heterocycles. The highest BCUT2D eigenvalue weighted by Gasteiger charge is 2.23. The lowest BCUT2D eigenvalue weighted by molar-refractivity contribution is 0.0746. The van der Waals surface area contributed by atoms with Crippen LogP contribution < -0.4 is 9.80 Å². The van der Waals surface area contributed by atoms with Gasteiger partial charge in [0.25, 0.3) is 5.91 Å². The summed E-state index contributed by atoms with van der Waals surface area (Å²) in [5.74, 6) is 1.79. The molecule has 1 atom stereocenters. The quantitative estimate of drug-likeness (QED) is 0.838. The first-order chi connectivity index (χ1) is 13.2. The van der Waals surface area contributed by atoms with Gasteiger partial charge in [0.1, 0.15) is 5.82 Å². The first-order valence-corrected chi connectivity index (χ1v) is 10.0. The number of para-hydroxylation sites is 1. The lowest BCUT2D eigenvalue weighted by atomic mass is 10.0. The minimum absolute atomic E-state index is 0.0915. The molecule has 1 amide bonds. The van der Waals surface area contributed by atoms with Crippen LogP contribution in [-0.2, 0) is 0 Å².